The monoisotopic (exact) mass is 467 g/mol. The van der Waals surface area contributed by atoms with Gasteiger partial charge in [-0.3, -0.25) is 19.3 Å². The van der Waals surface area contributed by atoms with Gasteiger partial charge in [-0.25, -0.2) is 14.1 Å². The summed E-state index contributed by atoms with van der Waals surface area (Å²) in [5.74, 6) is -2.16. The van der Waals surface area contributed by atoms with E-state index in [0.717, 1.165) is 44.9 Å². The Balaban J connectivity index is 1.35. The molecule has 2 aromatic rings. The standard InChI is InChI=1S/C25H26FN3O5/c1-2-27-11-13-28(14-12-27)21-15-23(31)29(24(21)32)20-9-5-18(6-10-20)25(33)34-16-22(30)17-3-7-19(26)8-4-17/h3-10,21H,2,11-16H2,1H3. The first-order valence-electron chi connectivity index (χ1n) is 11.3. The van der Waals surface area contributed by atoms with E-state index in [1.807, 2.05) is 0 Å². The minimum absolute atomic E-state index is 0.139. The molecule has 2 fully saturated rings. The van der Waals surface area contributed by atoms with Crippen LogP contribution in [0, 0.1) is 5.82 Å². The van der Waals surface area contributed by atoms with Crippen LogP contribution in [0.1, 0.15) is 34.1 Å². The van der Waals surface area contributed by atoms with Crippen LogP contribution in [0.3, 0.4) is 0 Å². The van der Waals surface area contributed by atoms with Gasteiger partial charge < -0.3 is 9.64 Å². The first-order valence-corrected chi connectivity index (χ1v) is 11.3. The van der Waals surface area contributed by atoms with Crippen molar-refractivity contribution in [1.82, 2.24) is 9.80 Å². The third-order valence-corrected chi connectivity index (χ3v) is 6.28. The van der Waals surface area contributed by atoms with Crippen LogP contribution in [0.25, 0.3) is 0 Å². The first kappa shape index (κ1) is 23.7. The molecule has 2 saturated heterocycles. The maximum atomic E-state index is 13.0. The quantitative estimate of drug-likeness (QED) is 0.350. The molecule has 2 heterocycles. The van der Waals surface area contributed by atoms with Crippen LogP contribution in [0.4, 0.5) is 10.1 Å². The van der Waals surface area contributed by atoms with Crippen molar-refractivity contribution in [2.75, 3.05) is 44.2 Å². The lowest BCUT2D eigenvalue weighted by Gasteiger charge is -2.36. The van der Waals surface area contributed by atoms with Crippen molar-refractivity contribution in [3.05, 3.63) is 65.5 Å². The topological polar surface area (TPSA) is 87.2 Å². The molecule has 2 aromatic carbocycles. The van der Waals surface area contributed by atoms with E-state index in [-0.39, 0.29) is 29.4 Å². The van der Waals surface area contributed by atoms with Gasteiger partial charge in [-0.2, -0.15) is 0 Å². The third-order valence-electron chi connectivity index (χ3n) is 6.28. The highest BCUT2D eigenvalue weighted by Crippen LogP contribution is 2.27. The lowest BCUT2D eigenvalue weighted by atomic mass is 10.1. The van der Waals surface area contributed by atoms with Crippen LogP contribution in [-0.4, -0.2) is 78.7 Å². The molecule has 178 valence electrons. The van der Waals surface area contributed by atoms with Crippen LogP contribution < -0.4 is 4.90 Å². The zero-order chi connectivity index (χ0) is 24.2. The van der Waals surface area contributed by atoms with Gasteiger partial charge in [-0.15, -0.1) is 0 Å². The Kier molecular flexibility index (Phi) is 7.14. The Morgan fingerprint density at radius 1 is 0.941 bits per heavy atom. The molecule has 0 N–H and O–H groups in total. The summed E-state index contributed by atoms with van der Waals surface area (Å²) in [5.41, 5.74) is 0.812. The molecule has 0 aromatic heterocycles. The fraction of sp³-hybridized carbons (Fsp3) is 0.360. The molecule has 0 aliphatic carbocycles. The number of hydrogen-bond acceptors (Lipinski definition) is 7. The van der Waals surface area contributed by atoms with Crippen molar-refractivity contribution in [2.24, 2.45) is 0 Å². The number of halogens is 1. The average molecular weight is 467 g/mol. The fourth-order valence-electron chi connectivity index (χ4n) is 4.24. The Hall–Kier alpha value is -3.43. The molecule has 4 rings (SSSR count). The van der Waals surface area contributed by atoms with Crippen molar-refractivity contribution < 1.29 is 28.3 Å². The summed E-state index contributed by atoms with van der Waals surface area (Å²) in [4.78, 5) is 55.6. The van der Waals surface area contributed by atoms with Crippen molar-refractivity contribution in [3.8, 4) is 0 Å². The number of anilines is 1. The Morgan fingerprint density at radius 3 is 2.18 bits per heavy atom. The molecular formula is C25H26FN3O5. The predicted molar refractivity (Wildman–Crippen MR) is 122 cm³/mol. The number of amides is 2. The van der Waals surface area contributed by atoms with Gasteiger partial charge in [0.25, 0.3) is 5.91 Å². The summed E-state index contributed by atoms with van der Waals surface area (Å²) < 4.78 is 18.0. The minimum Gasteiger partial charge on any atom is -0.454 e. The lowest BCUT2D eigenvalue weighted by molar-refractivity contribution is -0.123. The fourth-order valence-corrected chi connectivity index (χ4v) is 4.24. The largest absolute Gasteiger partial charge is 0.454 e. The maximum absolute atomic E-state index is 13.0. The number of imide groups is 1. The summed E-state index contributed by atoms with van der Waals surface area (Å²) >= 11 is 0. The van der Waals surface area contributed by atoms with Crippen molar-refractivity contribution in [1.29, 1.82) is 0 Å². The second-order valence-corrected chi connectivity index (χ2v) is 8.31. The van der Waals surface area contributed by atoms with Crippen molar-refractivity contribution in [2.45, 2.75) is 19.4 Å². The van der Waals surface area contributed by atoms with Gasteiger partial charge >= 0.3 is 5.97 Å². The van der Waals surface area contributed by atoms with E-state index >= 15 is 0 Å². The number of hydrogen-bond donors (Lipinski definition) is 0. The molecule has 9 heteroatoms. The van der Waals surface area contributed by atoms with Gasteiger partial charge in [0.05, 0.1) is 23.7 Å². The Morgan fingerprint density at radius 2 is 1.56 bits per heavy atom. The molecule has 0 saturated carbocycles. The van der Waals surface area contributed by atoms with Gasteiger partial charge in [-0.1, -0.05) is 6.92 Å². The molecule has 0 radical (unpaired) electrons. The van der Waals surface area contributed by atoms with E-state index in [0.29, 0.717) is 5.69 Å². The number of ketones is 1. The van der Waals surface area contributed by atoms with Gasteiger partial charge in [0.15, 0.2) is 12.4 Å². The molecule has 2 aliphatic rings. The number of piperazine rings is 1. The van der Waals surface area contributed by atoms with Crippen LogP contribution in [0.5, 0.6) is 0 Å². The average Bonchev–Trinajstić information content (AvgIpc) is 3.16. The number of benzene rings is 2. The predicted octanol–water partition coefficient (Wildman–Crippen LogP) is 2.13. The summed E-state index contributed by atoms with van der Waals surface area (Å²) in [6, 6.07) is 10.4. The summed E-state index contributed by atoms with van der Waals surface area (Å²) in [7, 11) is 0. The van der Waals surface area contributed by atoms with E-state index in [1.54, 1.807) is 0 Å². The van der Waals surface area contributed by atoms with E-state index in [1.165, 1.54) is 41.3 Å². The van der Waals surface area contributed by atoms with Gasteiger partial charge in [0.2, 0.25) is 5.91 Å². The molecular weight excluding hydrogens is 441 g/mol. The molecule has 2 amide bonds. The number of Topliss-reactive ketones (excluding diaryl/α,β-unsaturated/α-hetero) is 1. The van der Waals surface area contributed by atoms with Crippen LogP contribution in [0.15, 0.2) is 48.5 Å². The van der Waals surface area contributed by atoms with Crippen LogP contribution in [-0.2, 0) is 14.3 Å². The number of ether oxygens (including phenoxy) is 1. The van der Waals surface area contributed by atoms with Gasteiger partial charge in [-0.05, 0) is 55.1 Å². The number of carbonyl (C=O) groups excluding carboxylic acids is 4. The normalized spacial score (nSPS) is 19.5. The highest BCUT2D eigenvalue weighted by atomic mass is 19.1. The second-order valence-electron chi connectivity index (χ2n) is 8.31. The first-order chi connectivity index (χ1) is 16.4. The number of esters is 1. The molecule has 1 atom stereocenters. The SMILES string of the molecule is CCN1CCN(C2CC(=O)N(c3ccc(C(=O)OCC(=O)c4ccc(F)cc4)cc3)C2=O)CC1. The Bertz CT molecular complexity index is 1080. The Labute approximate surface area is 196 Å². The minimum atomic E-state index is -0.715. The van der Waals surface area contributed by atoms with E-state index in [2.05, 4.69) is 16.7 Å². The summed E-state index contributed by atoms with van der Waals surface area (Å²) in [5, 5.41) is 0. The van der Waals surface area contributed by atoms with E-state index in [4.69, 9.17) is 4.74 Å². The lowest BCUT2D eigenvalue weighted by Crippen LogP contribution is -2.52. The van der Waals surface area contributed by atoms with Crippen molar-refractivity contribution in [3.63, 3.8) is 0 Å². The summed E-state index contributed by atoms with van der Waals surface area (Å²) in [6.07, 6.45) is 0.139. The van der Waals surface area contributed by atoms with Crippen LogP contribution in [0.2, 0.25) is 0 Å². The van der Waals surface area contributed by atoms with Gasteiger partial charge in [0, 0.05) is 31.7 Å². The van der Waals surface area contributed by atoms with Crippen molar-refractivity contribution >= 4 is 29.3 Å². The molecule has 8 nitrogen and oxygen atoms in total. The van der Waals surface area contributed by atoms with E-state index in [9.17, 15) is 23.6 Å². The number of nitrogens with zero attached hydrogens (tertiary/aromatic N) is 3. The molecule has 2 aliphatic heterocycles. The maximum Gasteiger partial charge on any atom is 0.338 e. The summed E-state index contributed by atoms with van der Waals surface area (Å²) in [6.45, 7) is 5.81. The number of likely N-dealkylation sites (N-methyl/N-ethyl adjacent to an activating group) is 1. The number of carbonyl (C=O) groups is 4. The zero-order valence-corrected chi connectivity index (χ0v) is 18.9. The van der Waals surface area contributed by atoms with E-state index < -0.39 is 30.2 Å². The smallest absolute Gasteiger partial charge is 0.338 e. The third kappa shape index (κ3) is 5.05. The van der Waals surface area contributed by atoms with Crippen LogP contribution >= 0.6 is 0 Å². The highest BCUT2D eigenvalue weighted by Gasteiger charge is 2.43. The number of rotatable bonds is 7. The molecule has 34 heavy (non-hydrogen) atoms. The second kappa shape index (κ2) is 10.2. The molecule has 0 bridgehead atoms. The molecule has 1 unspecified atom stereocenters. The van der Waals surface area contributed by atoms with Gasteiger partial charge in [0.1, 0.15) is 5.82 Å². The zero-order valence-electron chi connectivity index (χ0n) is 18.9. The highest BCUT2D eigenvalue weighted by molar-refractivity contribution is 6.22. The molecule has 0 spiro atoms.